The molecule has 2 amide bonds. The van der Waals surface area contributed by atoms with Crippen molar-refractivity contribution in [1.29, 1.82) is 0 Å². The van der Waals surface area contributed by atoms with Crippen molar-refractivity contribution in [1.82, 2.24) is 20.2 Å². The van der Waals surface area contributed by atoms with Gasteiger partial charge in [-0.3, -0.25) is 0 Å². The van der Waals surface area contributed by atoms with Gasteiger partial charge in [-0.2, -0.15) is 0 Å². The molecule has 2 heterocycles. The fourth-order valence-corrected chi connectivity index (χ4v) is 4.22. The highest BCUT2D eigenvalue weighted by atomic mass is 79.9. The first-order valence-corrected chi connectivity index (χ1v) is 9.87. The Balaban J connectivity index is 1.69. The number of nitrogens with zero attached hydrogens (tertiary/aromatic N) is 3. The summed E-state index contributed by atoms with van der Waals surface area (Å²) >= 11 is 9.89. The van der Waals surface area contributed by atoms with E-state index in [0.717, 1.165) is 28.6 Å². The molecule has 4 rings (SSSR count). The Kier molecular flexibility index (Phi) is 4.86. The van der Waals surface area contributed by atoms with E-state index in [1.54, 1.807) is 18.1 Å². The number of hydrogen-bond donors (Lipinski definition) is 2. The van der Waals surface area contributed by atoms with Crippen molar-refractivity contribution in [3.8, 4) is 17.0 Å². The number of benzene rings is 1. The molecule has 0 radical (unpaired) electrons. The van der Waals surface area contributed by atoms with Crippen LogP contribution in [0.2, 0.25) is 5.02 Å². The van der Waals surface area contributed by atoms with E-state index in [2.05, 4.69) is 31.2 Å². The van der Waals surface area contributed by atoms with Crippen molar-refractivity contribution in [3.63, 3.8) is 0 Å². The lowest BCUT2D eigenvalue weighted by molar-refractivity contribution is 0.186. The van der Waals surface area contributed by atoms with E-state index >= 15 is 0 Å². The van der Waals surface area contributed by atoms with Gasteiger partial charge in [-0.1, -0.05) is 11.6 Å². The van der Waals surface area contributed by atoms with E-state index in [-0.39, 0.29) is 18.0 Å². The van der Waals surface area contributed by atoms with Gasteiger partial charge in [0.15, 0.2) is 0 Å². The van der Waals surface area contributed by atoms with Gasteiger partial charge in [0.1, 0.15) is 5.75 Å². The Labute approximate surface area is 170 Å². The average Bonchev–Trinajstić information content (AvgIpc) is 3.01. The molecule has 142 valence electrons. The second-order valence-electron chi connectivity index (χ2n) is 6.76. The first kappa shape index (κ1) is 18.3. The van der Waals surface area contributed by atoms with Crippen molar-refractivity contribution in [3.05, 3.63) is 32.9 Å². The molecule has 9 heteroatoms. The number of ether oxygens (including phenoxy) is 1. The number of urea groups is 1. The monoisotopic (exact) mass is 451 g/mol. The Morgan fingerprint density at radius 2 is 2.15 bits per heavy atom. The molecule has 1 fully saturated rings. The van der Waals surface area contributed by atoms with Crippen LogP contribution in [-0.4, -0.2) is 34.1 Å². The molecule has 0 atom stereocenters. The normalized spacial score (nSPS) is 16.0. The number of methoxy groups -OCH3 is 1. The lowest BCUT2D eigenvalue weighted by Crippen LogP contribution is -2.45. The Morgan fingerprint density at radius 3 is 2.81 bits per heavy atom. The number of carbonyl (C=O) groups is 1. The molecule has 0 spiro atoms. The number of rotatable bonds is 3. The maximum absolute atomic E-state index is 12.5. The highest BCUT2D eigenvalue weighted by molar-refractivity contribution is 9.10. The molecule has 1 aromatic carbocycles. The van der Waals surface area contributed by atoms with Gasteiger partial charge in [0.05, 0.1) is 41.1 Å². The van der Waals surface area contributed by atoms with E-state index in [9.17, 15) is 4.79 Å². The number of anilines is 1. The third-order valence-electron chi connectivity index (χ3n) is 5.02. The number of nitrogen functional groups attached to an aromatic ring is 1. The van der Waals surface area contributed by atoms with Crippen molar-refractivity contribution in [2.45, 2.75) is 38.4 Å². The topological polar surface area (TPSA) is 93.4 Å². The molecule has 27 heavy (non-hydrogen) atoms. The summed E-state index contributed by atoms with van der Waals surface area (Å²) in [6.45, 7) is 0.817. The highest BCUT2D eigenvalue weighted by Crippen LogP contribution is 2.39. The molecule has 1 aliphatic heterocycles. The number of nitrogens with one attached hydrogen (secondary N) is 1. The quantitative estimate of drug-likeness (QED) is 0.740. The number of carbonyl (C=O) groups excluding carboxylic acids is 1. The number of nitrogens with two attached hydrogens (primary N) is 1. The minimum Gasteiger partial charge on any atom is -0.496 e. The van der Waals surface area contributed by atoms with Gasteiger partial charge in [-0.05, 0) is 47.3 Å². The molecular formula is C18H19BrClN5O2. The van der Waals surface area contributed by atoms with Crippen LogP contribution in [0.3, 0.4) is 0 Å². The maximum Gasteiger partial charge on any atom is 0.318 e. The Bertz CT molecular complexity index is 919. The smallest absolute Gasteiger partial charge is 0.318 e. The van der Waals surface area contributed by atoms with Crippen LogP contribution in [0.5, 0.6) is 5.75 Å². The minimum atomic E-state index is -0.0818. The van der Waals surface area contributed by atoms with Crippen molar-refractivity contribution < 1.29 is 9.53 Å². The number of hydrogen-bond acceptors (Lipinski definition) is 5. The van der Waals surface area contributed by atoms with Gasteiger partial charge < -0.3 is 20.7 Å². The van der Waals surface area contributed by atoms with Gasteiger partial charge in [-0.25, -0.2) is 14.8 Å². The summed E-state index contributed by atoms with van der Waals surface area (Å²) in [5, 5.41) is 3.57. The van der Waals surface area contributed by atoms with Gasteiger partial charge >= 0.3 is 6.03 Å². The number of amides is 2. The van der Waals surface area contributed by atoms with Gasteiger partial charge in [0.25, 0.3) is 0 Å². The summed E-state index contributed by atoms with van der Waals surface area (Å²) in [5.74, 6) is 0.792. The summed E-state index contributed by atoms with van der Waals surface area (Å²) in [7, 11) is 1.59. The van der Waals surface area contributed by atoms with Crippen LogP contribution >= 0.6 is 27.5 Å². The molecule has 2 aromatic rings. The maximum atomic E-state index is 12.5. The van der Waals surface area contributed by atoms with E-state index in [0.29, 0.717) is 35.1 Å². The van der Waals surface area contributed by atoms with E-state index in [1.165, 1.54) is 6.42 Å². The third kappa shape index (κ3) is 3.43. The van der Waals surface area contributed by atoms with Gasteiger partial charge in [0, 0.05) is 17.2 Å². The van der Waals surface area contributed by atoms with Crippen molar-refractivity contribution in [2.24, 2.45) is 0 Å². The zero-order valence-electron chi connectivity index (χ0n) is 14.8. The predicted molar refractivity (Wildman–Crippen MR) is 107 cm³/mol. The summed E-state index contributed by atoms with van der Waals surface area (Å²) in [4.78, 5) is 23.0. The SMILES string of the molecule is COc1cc(-c2nc(N)nc3c2CN(C(=O)NC2CCC2)C3)c(Cl)cc1Br. The van der Waals surface area contributed by atoms with Crippen molar-refractivity contribution >= 4 is 39.5 Å². The lowest BCUT2D eigenvalue weighted by Gasteiger charge is -2.28. The second-order valence-corrected chi connectivity index (χ2v) is 8.02. The lowest BCUT2D eigenvalue weighted by atomic mass is 9.93. The largest absolute Gasteiger partial charge is 0.496 e. The van der Waals surface area contributed by atoms with Crippen LogP contribution in [0, 0.1) is 0 Å². The molecule has 0 saturated heterocycles. The molecule has 3 N–H and O–H groups in total. The second kappa shape index (κ2) is 7.16. The third-order valence-corrected chi connectivity index (χ3v) is 5.95. The number of halogens is 2. The Morgan fingerprint density at radius 1 is 1.37 bits per heavy atom. The average molecular weight is 453 g/mol. The molecular weight excluding hydrogens is 434 g/mol. The van der Waals surface area contributed by atoms with E-state index < -0.39 is 0 Å². The first-order valence-electron chi connectivity index (χ1n) is 8.70. The highest BCUT2D eigenvalue weighted by Gasteiger charge is 2.31. The fourth-order valence-electron chi connectivity index (χ4n) is 3.33. The first-order chi connectivity index (χ1) is 13.0. The number of aromatic nitrogens is 2. The zero-order chi connectivity index (χ0) is 19.1. The summed E-state index contributed by atoms with van der Waals surface area (Å²) in [6, 6.07) is 3.77. The molecule has 1 aliphatic carbocycles. The summed E-state index contributed by atoms with van der Waals surface area (Å²) < 4.78 is 6.13. The van der Waals surface area contributed by atoms with Crippen LogP contribution in [-0.2, 0) is 13.1 Å². The molecule has 0 unspecified atom stereocenters. The molecule has 0 bridgehead atoms. The fraction of sp³-hybridized carbons (Fsp3) is 0.389. The van der Waals surface area contributed by atoms with Crippen LogP contribution in [0.15, 0.2) is 16.6 Å². The van der Waals surface area contributed by atoms with Gasteiger partial charge in [0.2, 0.25) is 5.95 Å². The summed E-state index contributed by atoms with van der Waals surface area (Å²) in [5.41, 5.74) is 8.87. The van der Waals surface area contributed by atoms with Crippen LogP contribution in [0.1, 0.15) is 30.5 Å². The standard InChI is InChI=1S/C18H19BrClN5O2/c1-27-15-5-10(13(20)6-12(15)19)16-11-7-25(8-14(11)23-17(21)24-16)18(26)22-9-3-2-4-9/h5-6,9H,2-4,7-8H2,1H3,(H,22,26)(H2,21,23,24). The molecule has 2 aliphatic rings. The number of fused-ring (bicyclic) bond motifs is 1. The van der Waals surface area contributed by atoms with Gasteiger partial charge in [-0.15, -0.1) is 0 Å². The van der Waals surface area contributed by atoms with E-state index in [4.69, 9.17) is 22.1 Å². The van der Waals surface area contributed by atoms with Crippen molar-refractivity contribution in [2.75, 3.05) is 12.8 Å². The van der Waals surface area contributed by atoms with Crippen LogP contribution in [0.4, 0.5) is 10.7 Å². The van der Waals surface area contributed by atoms with E-state index in [1.807, 2.05) is 6.07 Å². The Hall–Kier alpha value is -2.06. The van der Waals surface area contributed by atoms with Crippen LogP contribution in [0.25, 0.3) is 11.3 Å². The predicted octanol–water partition coefficient (Wildman–Crippen LogP) is 3.73. The molecule has 1 aromatic heterocycles. The molecule has 1 saturated carbocycles. The molecule has 7 nitrogen and oxygen atoms in total. The zero-order valence-corrected chi connectivity index (χ0v) is 17.1. The minimum absolute atomic E-state index is 0.0818. The summed E-state index contributed by atoms with van der Waals surface area (Å²) in [6.07, 6.45) is 3.25. The van der Waals surface area contributed by atoms with Crippen LogP contribution < -0.4 is 15.8 Å².